The summed E-state index contributed by atoms with van der Waals surface area (Å²) in [7, 11) is 0. The molecule has 0 atom stereocenters. The van der Waals surface area contributed by atoms with Crippen molar-refractivity contribution in [1.29, 1.82) is 5.26 Å². The number of anilines is 1. The number of nitrogens with zero attached hydrogens (tertiary/aromatic N) is 2. The van der Waals surface area contributed by atoms with Crippen molar-refractivity contribution in [2.45, 2.75) is 31.6 Å². The van der Waals surface area contributed by atoms with Gasteiger partial charge < -0.3 is 10.6 Å². The van der Waals surface area contributed by atoms with E-state index in [0.29, 0.717) is 0 Å². The number of carbonyl (C=O) groups is 1. The molecular formula is C23H22ClF3N4O. The number of likely N-dealkylation sites (tertiary alicyclic amines) is 1. The van der Waals surface area contributed by atoms with E-state index < -0.39 is 22.7 Å². The predicted octanol–water partition coefficient (Wildman–Crippen LogP) is 4.96. The molecule has 1 amide bonds. The highest BCUT2D eigenvalue weighted by Crippen LogP contribution is 2.36. The highest BCUT2D eigenvalue weighted by molar-refractivity contribution is 6.31. The molecule has 2 aromatic rings. The molecule has 2 aromatic carbocycles. The number of halogens is 4. The van der Waals surface area contributed by atoms with Gasteiger partial charge >= 0.3 is 6.18 Å². The molecule has 0 aliphatic carbocycles. The maximum Gasteiger partial charge on any atom is 0.417 e. The summed E-state index contributed by atoms with van der Waals surface area (Å²) in [5.74, 6) is -0.794. The first kappa shape index (κ1) is 23.6. The molecule has 1 saturated heterocycles. The number of nitriles is 1. The van der Waals surface area contributed by atoms with Crippen LogP contribution in [0.2, 0.25) is 5.02 Å². The normalized spacial score (nSPS) is 15.8. The van der Waals surface area contributed by atoms with Crippen LogP contribution in [0.15, 0.2) is 60.3 Å². The third kappa shape index (κ3) is 6.49. The standard InChI is InChI=1S/C23H22ClF3N4O/c24-21-7-6-19(12-20(21)23(25,26)27)30-22(32)17(13-28)14-29-18-8-10-31(11-9-18)15-16-4-2-1-3-5-16/h1-7,12,14,18,29H,8-11,15H2,(H,30,32)/b17-14-. The SMILES string of the molecule is N#C/C(=C/NC1CCN(Cc2ccccc2)CC1)C(=O)Nc1ccc(Cl)c(C(F)(F)F)c1. The third-order valence-electron chi connectivity index (χ3n) is 5.19. The van der Waals surface area contributed by atoms with Crippen LogP contribution in [-0.4, -0.2) is 29.9 Å². The highest BCUT2D eigenvalue weighted by atomic mass is 35.5. The van der Waals surface area contributed by atoms with Crippen molar-refractivity contribution in [3.63, 3.8) is 0 Å². The van der Waals surface area contributed by atoms with Gasteiger partial charge in [0, 0.05) is 37.6 Å². The largest absolute Gasteiger partial charge is 0.417 e. The van der Waals surface area contributed by atoms with Crippen LogP contribution in [0.1, 0.15) is 24.0 Å². The van der Waals surface area contributed by atoms with Crippen molar-refractivity contribution in [3.05, 3.63) is 76.5 Å². The van der Waals surface area contributed by atoms with Gasteiger partial charge in [0.2, 0.25) is 0 Å². The summed E-state index contributed by atoms with van der Waals surface area (Å²) in [5.41, 5.74) is -0.125. The van der Waals surface area contributed by atoms with E-state index in [0.717, 1.165) is 44.6 Å². The van der Waals surface area contributed by atoms with Gasteiger partial charge in [-0.2, -0.15) is 18.4 Å². The second kappa shape index (κ2) is 10.5. The molecule has 0 aromatic heterocycles. The molecule has 0 spiro atoms. The Morgan fingerprint density at radius 2 is 1.88 bits per heavy atom. The molecule has 1 fully saturated rings. The van der Waals surface area contributed by atoms with E-state index in [1.807, 2.05) is 18.2 Å². The molecule has 0 bridgehead atoms. The number of hydrogen-bond donors (Lipinski definition) is 2. The van der Waals surface area contributed by atoms with Crippen LogP contribution in [0, 0.1) is 11.3 Å². The lowest BCUT2D eigenvalue weighted by molar-refractivity contribution is -0.137. The lowest BCUT2D eigenvalue weighted by Gasteiger charge is -2.32. The minimum atomic E-state index is -4.65. The number of alkyl halides is 3. The maximum absolute atomic E-state index is 13.0. The van der Waals surface area contributed by atoms with Gasteiger partial charge in [-0.3, -0.25) is 9.69 Å². The van der Waals surface area contributed by atoms with Crippen LogP contribution in [0.25, 0.3) is 0 Å². The Balaban J connectivity index is 1.54. The van der Waals surface area contributed by atoms with Crippen LogP contribution < -0.4 is 10.6 Å². The molecule has 5 nitrogen and oxygen atoms in total. The fraction of sp³-hybridized carbons (Fsp3) is 0.304. The summed E-state index contributed by atoms with van der Waals surface area (Å²) in [6, 6.07) is 15.1. The number of piperidine rings is 1. The van der Waals surface area contributed by atoms with Crippen molar-refractivity contribution in [2.24, 2.45) is 0 Å². The molecule has 0 saturated carbocycles. The van der Waals surface area contributed by atoms with Crippen LogP contribution in [0.3, 0.4) is 0 Å². The van der Waals surface area contributed by atoms with Gasteiger partial charge in [-0.05, 0) is 36.6 Å². The van der Waals surface area contributed by atoms with Crippen LogP contribution >= 0.6 is 11.6 Å². The lowest BCUT2D eigenvalue weighted by Crippen LogP contribution is -2.40. The Hall–Kier alpha value is -3.02. The molecule has 32 heavy (non-hydrogen) atoms. The summed E-state index contributed by atoms with van der Waals surface area (Å²) < 4.78 is 39.0. The Morgan fingerprint density at radius 1 is 1.19 bits per heavy atom. The van der Waals surface area contributed by atoms with E-state index >= 15 is 0 Å². The van der Waals surface area contributed by atoms with E-state index in [9.17, 15) is 23.2 Å². The van der Waals surface area contributed by atoms with Gasteiger partial charge in [0.1, 0.15) is 11.6 Å². The first-order valence-electron chi connectivity index (χ1n) is 10.1. The van der Waals surface area contributed by atoms with Crippen molar-refractivity contribution >= 4 is 23.2 Å². The number of carbonyl (C=O) groups excluding carboxylic acids is 1. The summed E-state index contributed by atoms with van der Waals surface area (Å²) in [6.07, 6.45) is -1.64. The van der Waals surface area contributed by atoms with E-state index in [4.69, 9.17) is 11.6 Å². The molecule has 168 valence electrons. The summed E-state index contributed by atoms with van der Waals surface area (Å²) in [5, 5.41) is 14.3. The van der Waals surface area contributed by atoms with Crippen LogP contribution in [0.4, 0.5) is 18.9 Å². The van der Waals surface area contributed by atoms with E-state index in [-0.39, 0.29) is 17.3 Å². The molecular weight excluding hydrogens is 441 g/mol. The highest BCUT2D eigenvalue weighted by Gasteiger charge is 2.33. The van der Waals surface area contributed by atoms with Crippen LogP contribution in [0.5, 0.6) is 0 Å². The van der Waals surface area contributed by atoms with Gasteiger partial charge in [-0.25, -0.2) is 0 Å². The zero-order chi connectivity index (χ0) is 23.1. The second-order valence-corrected chi connectivity index (χ2v) is 7.93. The Labute approximate surface area is 189 Å². The Morgan fingerprint density at radius 3 is 2.50 bits per heavy atom. The minimum Gasteiger partial charge on any atom is -0.387 e. The van der Waals surface area contributed by atoms with Gasteiger partial charge in [0.15, 0.2) is 0 Å². The first-order valence-corrected chi connectivity index (χ1v) is 10.4. The topological polar surface area (TPSA) is 68.2 Å². The lowest BCUT2D eigenvalue weighted by atomic mass is 10.0. The summed E-state index contributed by atoms with van der Waals surface area (Å²) in [6.45, 7) is 2.62. The fourth-order valence-electron chi connectivity index (χ4n) is 3.47. The maximum atomic E-state index is 13.0. The third-order valence-corrected chi connectivity index (χ3v) is 5.52. The zero-order valence-corrected chi connectivity index (χ0v) is 17.9. The molecule has 9 heteroatoms. The average Bonchev–Trinajstić information content (AvgIpc) is 2.76. The molecule has 1 heterocycles. The number of amides is 1. The second-order valence-electron chi connectivity index (χ2n) is 7.52. The number of rotatable bonds is 6. The van der Waals surface area contributed by atoms with E-state index in [1.54, 1.807) is 6.07 Å². The average molecular weight is 463 g/mol. The molecule has 3 rings (SSSR count). The predicted molar refractivity (Wildman–Crippen MR) is 117 cm³/mol. The van der Waals surface area contributed by atoms with E-state index in [1.165, 1.54) is 17.8 Å². The van der Waals surface area contributed by atoms with Gasteiger partial charge in [-0.15, -0.1) is 0 Å². The van der Waals surface area contributed by atoms with Gasteiger partial charge in [0.25, 0.3) is 5.91 Å². The van der Waals surface area contributed by atoms with Crippen molar-refractivity contribution in [2.75, 3.05) is 18.4 Å². The molecule has 0 radical (unpaired) electrons. The molecule has 2 N–H and O–H groups in total. The molecule has 1 aliphatic rings. The van der Waals surface area contributed by atoms with Crippen molar-refractivity contribution in [3.8, 4) is 6.07 Å². The van der Waals surface area contributed by atoms with Crippen LogP contribution in [-0.2, 0) is 17.5 Å². The number of hydrogen-bond acceptors (Lipinski definition) is 4. The smallest absolute Gasteiger partial charge is 0.387 e. The Bertz CT molecular complexity index is 1010. The minimum absolute atomic E-state index is 0.0953. The fourth-order valence-corrected chi connectivity index (χ4v) is 3.69. The summed E-state index contributed by atoms with van der Waals surface area (Å²) in [4.78, 5) is 14.7. The quantitative estimate of drug-likeness (QED) is 0.470. The van der Waals surface area contributed by atoms with Crippen molar-refractivity contribution in [1.82, 2.24) is 10.2 Å². The Kier molecular flexibility index (Phi) is 7.78. The first-order chi connectivity index (χ1) is 15.3. The zero-order valence-electron chi connectivity index (χ0n) is 17.1. The monoisotopic (exact) mass is 462 g/mol. The number of nitrogens with one attached hydrogen (secondary N) is 2. The number of benzene rings is 2. The molecule has 0 unspecified atom stereocenters. The van der Waals surface area contributed by atoms with Gasteiger partial charge in [-0.1, -0.05) is 41.9 Å². The van der Waals surface area contributed by atoms with E-state index in [2.05, 4.69) is 27.7 Å². The molecule has 1 aliphatic heterocycles. The van der Waals surface area contributed by atoms with Crippen molar-refractivity contribution < 1.29 is 18.0 Å². The summed E-state index contributed by atoms with van der Waals surface area (Å²) >= 11 is 5.59. The van der Waals surface area contributed by atoms with Gasteiger partial charge in [0.05, 0.1) is 10.6 Å².